The Hall–Kier alpha value is -5.79. The van der Waals surface area contributed by atoms with Crippen molar-refractivity contribution >= 4 is 57.7 Å². The van der Waals surface area contributed by atoms with Gasteiger partial charge in [0, 0.05) is 27.1 Å². The summed E-state index contributed by atoms with van der Waals surface area (Å²) in [6.07, 6.45) is 1.52. The largest absolute Gasteiger partial charge is 0.496 e. The van der Waals surface area contributed by atoms with Gasteiger partial charge in [0.05, 0.1) is 39.4 Å². The van der Waals surface area contributed by atoms with Crippen molar-refractivity contribution in [1.29, 1.82) is 0 Å². The summed E-state index contributed by atoms with van der Waals surface area (Å²) in [4.78, 5) is 45.4. The monoisotopic (exact) mass is 724 g/mol. The molecule has 0 aliphatic rings. The van der Waals surface area contributed by atoms with Crippen molar-refractivity contribution in [2.75, 3.05) is 39.1 Å². The highest BCUT2D eigenvalue weighted by atomic mass is 32.2. The fourth-order valence-corrected chi connectivity index (χ4v) is 6.55. The first-order valence-electron chi connectivity index (χ1n) is 15.6. The number of nitrogens with one attached hydrogen (secondary N) is 3. The van der Waals surface area contributed by atoms with E-state index in [1.807, 2.05) is 35.7 Å². The molecule has 4 aromatic carbocycles. The van der Waals surface area contributed by atoms with E-state index in [2.05, 4.69) is 20.9 Å². The number of anilines is 2. The molecule has 3 amide bonds. The average Bonchev–Trinajstić information content (AvgIpc) is 3.62. The minimum atomic E-state index is -0.574. The van der Waals surface area contributed by atoms with Crippen LogP contribution >= 0.6 is 23.1 Å². The topological polar surface area (TPSA) is 137 Å². The molecule has 0 fully saturated rings. The lowest BCUT2D eigenvalue weighted by Crippen LogP contribution is -2.30. The van der Waals surface area contributed by atoms with E-state index in [0.717, 1.165) is 10.5 Å². The van der Waals surface area contributed by atoms with Crippen molar-refractivity contribution in [3.63, 3.8) is 0 Å². The highest BCUT2D eigenvalue weighted by molar-refractivity contribution is 8.00. The number of nitrogens with zero attached hydrogens (tertiary/aromatic N) is 1. The molecule has 51 heavy (non-hydrogen) atoms. The van der Waals surface area contributed by atoms with Gasteiger partial charge in [0.1, 0.15) is 11.4 Å². The molecule has 11 nitrogen and oxygen atoms in total. The van der Waals surface area contributed by atoms with Crippen LogP contribution in [-0.4, -0.2) is 56.4 Å². The van der Waals surface area contributed by atoms with E-state index in [-0.39, 0.29) is 11.6 Å². The smallest absolute Gasteiger partial charge is 0.272 e. The predicted octanol–water partition coefficient (Wildman–Crippen LogP) is 7.37. The van der Waals surface area contributed by atoms with Gasteiger partial charge >= 0.3 is 0 Å². The van der Waals surface area contributed by atoms with Crippen LogP contribution in [0, 0.1) is 0 Å². The van der Waals surface area contributed by atoms with Crippen LogP contribution in [-0.2, 0) is 9.59 Å². The standard InChI is InChI=1S/C38H36N4O7S2/c1-23(35(43)42-38-41-30(22-50-38)28-16-9-10-17-31(28)46-2)51-27-15-11-14-26(21-27)39-37(45)29(40-36(44)25-12-7-6-8-13-25)18-24-19-32(47-3)34(49-5)33(20-24)48-4/h6-23H,1-5H3,(H,39,45)(H,40,44)(H,41,42,43)/b29-18+. The highest BCUT2D eigenvalue weighted by Crippen LogP contribution is 2.39. The maximum absolute atomic E-state index is 13.7. The van der Waals surface area contributed by atoms with E-state index in [9.17, 15) is 14.4 Å². The zero-order valence-corrected chi connectivity index (χ0v) is 30.1. The first kappa shape index (κ1) is 36.5. The third-order valence-corrected chi connectivity index (χ3v) is 9.27. The fraction of sp³-hybridized carbons (Fsp3) is 0.158. The van der Waals surface area contributed by atoms with Gasteiger partial charge < -0.3 is 34.9 Å². The summed E-state index contributed by atoms with van der Waals surface area (Å²) in [5, 5.41) is 10.3. The van der Waals surface area contributed by atoms with Gasteiger partial charge in [-0.15, -0.1) is 23.1 Å². The normalized spacial score (nSPS) is 11.6. The molecule has 1 heterocycles. The van der Waals surface area contributed by atoms with Crippen LogP contribution in [0.15, 0.2) is 107 Å². The summed E-state index contributed by atoms with van der Waals surface area (Å²) in [5.74, 6) is 0.574. The van der Waals surface area contributed by atoms with Gasteiger partial charge in [0.25, 0.3) is 11.8 Å². The lowest BCUT2D eigenvalue weighted by molar-refractivity contribution is -0.115. The molecular formula is C38H36N4O7S2. The van der Waals surface area contributed by atoms with E-state index in [1.54, 1.807) is 74.7 Å². The van der Waals surface area contributed by atoms with Gasteiger partial charge in [0.15, 0.2) is 16.6 Å². The first-order valence-corrected chi connectivity index (χ1v) is 17.3. The second-order valence-corrected chi connectivity index (χ2v) is 13.1. The molecule has 1 atom stereocenters. The Balaban J connectivity index is 1.31. The number of aromatic nitrogens is 1. The Morgan fingerprint density at radius 1 is 0.784 bits per heavy atom. The number of thioether (sulfide) groups is 1. The van der Waals surface area contributed by atoms with Gasteiger partial charge in [-0.2, -0.15) is 0 Å². The molecule has 0 spiro atoms. The van der Waals surface area contributed by atoms with E-state index < -0.39 is 17.1 Å². The molecule has 5 rings (SSSR count). The van der Waals surface area contributed by atoms with Gasteiger partial charge in [-0.25, -0.2) is 4.98 Å². The van der Waals surface area contributed by atoms with Crippen molar-refractivity contribution in [2.45, 2.75) is 17.1 Å². The lowest BCUT2D eigenvalue weighted by Gasteiger charge is -2.15. The summed E-state index contributed by atoms with van der Waals surface area (Å²) < 4.78 is 21.8. The van der Waals surface area contributed by atoms with Gasteiger partial charge in [0.2, 0.25) is 11.7 Å². The lowest BCUT2D eigenvalue weighted by atomic mass is 10.1. The van der Waals surface area contributed by atoms with Crippen molar-refractivity contribution in [3.05, 3.63) is 113 Å². The zero-order valence-electron chi connectivity index (χ0n) is 28.5. The Morgan fingerprint density at radius 2 is 1.47 bits per heavy atom. The summed E-state index contributed by atoms with van der Waals surface area (Å²) in [7, 11) is 6.08. The minimum absolute atomic E-state index is 0.0279. The van der Waals surface area contributed by atoms with Crippen molar-refractivity contribution in [1.82, 2.24) is 10.3 Å². The molecule has 262 valence electrons. The number of ether oxygens (including phenoxy) is 4. The van der Waals surface area contributed by atoms with Crippen LogP contribution in [0.1, 0.15) is 22.8 Å². The minimum Gasteiger partial charge on any atom is -0.496 e. The maximum atomic E-state index is 13.7. The van der Waals surface area contributed by atoms with Crippen LogP contribution in [0.4, 0.5) is 10.8 Å². The maximum Gasteiger partial charge on any atom is 0.272 e. The molecule has 0 bridgehead atoms. The van der Waals surface area contributed by atoms with Crippen LogP contribution in [0.25, 0.3) is 17.3 Å². The Labute approximate surface area is 304 Å². The third kappa shape index (κ3) is 9.26. The fourth-order valence-electron chi connectivity index (χ4n) is 4.92. The molecule has 5 aromatic rings. The number of amides is 3. The second kappa shape index (κ2) is 17.2. The number of hydrogen-bond donors (Lipinski definition) is 3. The number of para-hydroxylation sites is 1. The summed E-state index contributed by atoms with van der Waals surface area (Å²) in [5.41, 5.74) is 2.86. The average molecular weight is 725 g/mol. The number of rotatable bonds is 14. The predicted molar refractivity (Wildman–Crippen MR) is 201 cm³/mol. The SMILES string of the molecule is COc1ccccc1-c1csc(NC(=O)C(C)Sc2cccc(NC(=O)/C(=C\c3cc(OC)c(OC)c(OC)c3)NC(=O)c3ccccc3)c2)n1. The summed E-state index contributed by atoms with van der Waals surface area (Å²) >= 11 is 2.65. The van der Waals surface area contributed by atoms with Crippen LogP contribution in [0.2, 0.25) is 0 Å². The van der Waals surface area contributed by atoms with Crippen molar-refractivity contribution < 1.29 is 33.3 Å². The summed E-state index contributed by atoms with van der Waals surface area (Å²) in [6, 6.07) is 26.5. The molecule has 13 heteroatoms. The Bertz CT molecular complexity index is 2020. The first-order chi connectivity index (χ1) is 24.7. The molecule has 0 radical (unpaired) electrons. The van der Waals surface area contributed by atoms with E-state index >= 15 is 0 Å². The number of thiazole rings is 1. The number of hydrogen-bond acceptors (Lipinski definition) is 10. The second-order valence-electron chi connectivity index (χ2n) is 10.8. The molecule has 3 N–H and O–H groups in total. The molecule has 0 saturated carbocycles. The highest BCUT2D eigenvalue weighted by Gasteiger charge is 2.20. The quantitative estimate of drug-likeness (QED) is 0.0792. The van der Waals surface area contributed by atoms with Crippen LogP contribution in [0.5, 0.6) is 23.0 Å². The molecule has 1 aromatic heterocycles. The van der Waals surface area contributed by atoms with Crippen LogP contribution < -0.4 is 34.9 Å². The zero-order chi connectivity index (χ0) is 36.3. The molecule has 0 aliphatic heterocycles. The summed E-state index contributed by atoms with van der Waals surface area (Å²) in [6.45, 7) is 1.79. The van der Waals surface area contributed by atoms with E-state index in [0.29, 0.717) is 50.6 Å². The molecule has 1 unspecified atom stereocenters. The molecular weight excluding hydrogens is 689 g/mol. The number of carbonyl (C=O) groups excluding carboxylic acids is 3. The van der Waals surface area contributed by atoms with Gasteiger partial charge in [-0.3, -0.25) is 14.4 Å². The van der Waals surface area contributed by atoms with Crippen molar-refractivity contribution in [2.24, 2.45) is 0 Å². The van der Waals surface area contributed by atoms with Crippen molar-refractivity contribution in [3.8, 4) is 34.3 Å². The number of benzene rings is 4. The third-order valence-electron chi connectivity index (χ3n) is 7.42. The molecule has 0 aliphatic carbocycles. The number of methoxy groups -OCH3 is 4. The van der Waals surface area contributed by atoms with Crippen LogP contribution in [0.3, 0.4) is 0 Å². The Morgan fingerprint density at radius 3 is 2.16 bits per heavy atom. The van der Waals surface area contributed by atoms with E-state index in [1.165, 1.54) is 50.5 Å². The van der Waals surface area contributed by atoms with E-state index in [4.69, 9.17) is 18.9 Å². The molecule has 0 saturated heterocycles. The van der Waals surface area contributed by atoms with Gasteiger partial charge in [-0.1, -0.05) is 36.4 Å². The Kier molecular flexibility index (Phi) is 12.3. The number of carbonyl (C=O) groups is 3. The van der Waals surface area contributed by atoms with Gasteiger partial charge in [-0.05, 0) is 73.2 Å².